The van der Waals surface area contributed by atoms with E-state index in [1.807, 2.05) is 41.0 Å². The van der Waals surface area contributed by atoms with Crippen molar-refractivity contribution in [2.24, 2.45) is 0 Å². The van der Waals surface area contributed by atoms with Gasteiger partial charge in [-0.05, 0) is 48.7 Å². The van der Waals surface area contributed by atoms with Gasteiger partial charge in [-0.25, -0.2) is 0 Å². The number of para-hydroxylation sites is 1. The molecule has 0 radical (unpaired) electrons. The molecule has 6 nitrogen and oxygen atoms in total. The third kappa shape index (κ3) is 4.45. The molecule has 0 fully saturated rings. The van der Waals surface area contributed by atoms with Crippen molar-refractivity contribution >= 4 is 17.7 Å². The van der Waals surface area contributed by atoms with Crippen molar-refractivity contribution in [3.8, 4) is 22.8 Å². The number of thioether (sulfide) groups is 1. The number of carbonyl (C=O) groups is 1. The van der Waals surface area contributed by atoms with Gasteiger partial charge in [0.2, 0.25) is 0 Å². The predicted octanol–water partition coefficient (Wildman–Crippen LogP) is 4.72. The average molecular weight is 412 g/mol. The zero-order valence-electron chi connectivity index (χ0n) is 17.2. The molecule has 1 heterocycles. The van der Waals surface area contributed by atoms with Crippen LogP contribution in [0.25, 0.3) is 17.1 Å². The first-order valence-electron chi connectivity index (χ1n) is 9.39. The fourth-order valence-electron chi connectivity index (χ4n) is 3.04. The minimum absolute atomic E-state index is 0.298. The second-order valence-corrected chi connectivity index (χ2v) is 8.17. The zero-order valence-corrected chi connectivity index (χ0v) is 18.1. The Labute approximate surface area is 175 Å². The minimum atomic E-state index is -0.405. The molecule has 29 heavy (non-hydrogen) atoms. The number of methoxy groups -OCH3 is 2. The molecular formula is C22H25N3O3S. The number of hydrogen-bond acceptors (Lipinski definition) is 6. The highest BCUT2D eigenvalue weighted by molar-refractivity contribution is 8.00. The van der Waals surface area contributed by atoms with Gasteiger partial charge in [-0.3, -0.25) is 9.36 Å². The molecule has 1 unspecified atom stereocenters. The van der Waals surface area contributed by atoms with Crippen LogP contribution in [0.2, 0.25) is 0 Å². The van der Waals surface area contributed by atoms with E-state index in [-0.39, 0.29) is 5.97 Å². The molecule has 0 aliphatic carbocycles. The van der Waals surface area contributed by atoms with Gasteiger partial charge in [-0.1, -0.05) is 43.8 Å². The lowest BCUT2D eigenvalue weighted by Gasteiger charge is -2.17. The first-order valence-corrected chi connectivity index (χ1v) is 10.3. The molecule has 1 atom stereocenters. The number of esters is 1. The summed E-state index contributed by atoms with van der Waals surface area (Å²) in [5.74, 6) is 1.50. The van der Waals surface area contributed by atoms with Crippen LogP contribution in [0.1, 0.15) is 32.3 Å². The Morgan fingerprint density at radius 3 is 2.31 bits per heavy atom. The monoisotopic (exact) mass is 411 g/mol. The molecule has 2 aromatic carbocycles. The van der Waals surface area contributed by atoms with Crippen molar-refractivity contribution in [3.05, 3.63) is 54.1 Å². The molecule has 152 valence electrons. The highest BCUT2D eigenvalue weighted by Gasteiger charge is 2.23. The molecule has 0 saturated carbocycles. The zero-order chi connectivity index (χ0) is 21.0. The number of ether oxygens (including phenoxy) is 2. The van der Waals surface area contributed by atoms with Crippen LogP contribution in [-0.2, 0) is 9.53 Å². The lowest BCUT2D eigenvalue weighted by molar-refractivity contribution is -0.139. The van der Waals surface area contributed by atoms with E-state index in [2.05, 4.69) is 36.2 Å². The largest absolute Gasteiger partial charge is 0.497 e. The van der Waals surface area contributed by atoms with E-state index in [1.54, 1.807) is 14.0 Å². The highest BCUT2D eigenvalue weighted by Crippen LogP contribution is 2.34. The molecule has 0 aliphatic heterocycles. The molecule has 7 heteroatoms. The first-order chi connectivity index (χ1) is 14.0. The van der Waals surface area contributed by atoms with Crippen LogP contribution in [-0.4, -0.2) is 40.2 Å². The maximum Gasteiger partial charge on any atom is 0.318 e. The number of carbonyl (C=O) groups excluding carboxylic acids is 1. The number of rotatable bonds is 7. The van der Waals surface area contributed by atoms with Crippen molar-refractivity contribution in [2.75, 3.05) is 14.2 Å². The van der Waals surface area contributed by atoms with Crippen LogP contribution in [0.15, 0.2) is 53.7 Å². The maximum atomic E-state index is 12.0. The maximum absolute atomic E-state index is 12.0. The lowest BCUT2D eigenvalue weighted by Crippen LogP contribution is -2.16. The van der Waals surface area contributed by atoms with Crippen molar-refractivity contribution in [2.45, 2.75) is 37.1 Å². The summed E-state index contributed by atoms with van der Waals surface area (Å²) in [6.45, 7) is 6.11. The molecule has 0 saturated heterocycles. The summed E-state index contributed by atoms with van der Waals surface area (Å²) in [4.78, 5) is 12.0. The number of nitrogens with zero attached hydrogens (tertiary/aromatic N) is 3. The Kier molecular flexibility index (Phi) is 6.59. The van der Waals surface area contributed by atoms with Crippen LogP contribution >= 0.6 is 11.8 Å². The molecule has 0 spiro atoms. The van der Waals surface area contributed by atoms with Crippen LogP contribution in [0, 0.1) is 0 Å². The highest BCUT2D eigenvalue weighted by atomic mass is 32.2. The number of aromatic nitrogens is 3. The van der Waals surface area contributed by atoms with Crippen molar-refractivity contribution in [1.29, 1.82) is 0 Å². The number of hydrogen-bond donors (Lipinski definition) is 0. The first kappa shape index (κ1) is 20.9. The van der Waals surface area contributed by atoms with Crippen molar-refractivity contribution < 1.29 is 14.3 Å². The standard InChI is InChI=1S/C22H25N3O3S/c1-14(2)18-8-6-7-9-19(18)25-20(16-10-12-17(27-4)13-11-16)23-24-22(25)29-15(3)21(26)28-5/h6-15H,1-5H3. The Morgan fingerprint density at radius 2 is 1.69 bits per heavy atom. The van der Waals surface area contributed by atoms with Gasteiger partial charge in [-0.15, -0.1) is 10.2 Å². The van der Waals surface area contributed by atoms with Crippen LogP contribution in [0.4, 0.5) is 0 Å². The molecule has 3 rings (SSSR count). The van der Waals surface area contributed by atoms with Gasteiger partial charge in [-0.2, -0.15) is 0 Å². The van der Waals surface area contributed by atoms with Crippen molar-refractivity contribution in [1.82, 2.24) is 14.8 Å². The smallest absolute Gasteiger partial charge is 0.318 e. The summed E-state index contributed by atoms with van der Waals surface area (Å²) >= 11 is 1.33. The summed E-state index contributed by atoms with van der Waals surface area (Å²) in [7, 11) is 3.03. The SMILES string of the molecule is COC(=O)C(C)Sc1nnc(-c2ccc(OC)cc2)n1-c1ccccc1C(C)C. The Morgan fingerprint density at radius 1 is 1.00 bits per heavy atom. The topological polar surface area (TPSA) is 66.2 Å². The third-order valence-electron chi connectivity index (χ3n) is 4.60. The van der Waals surface area contributed by atoms with E-state index in [0.717, 1.165) is 17.0 Å². The predicted molar refractivity (Wildman–Crippen MR) is 115 cm³/mol. The normalized spacial score (nSPS) is 12.1. The molecule has 0 bridgehead atoms. The average Bonchev–Trinajstić information content (AvgIpc) is 3.16. The summed E-state index contributed by atoms with van der Waals surface area (Å²) in [6.07, 6.45) is 0. The van der Waals surface area contributed by atoms with E-state index in [4.69, 9.17) is 9.47 Å². The Hall–Kier alpha value is -2.80. The summed E-state index contributed by atoms with van der Waals surface area (Å²) < 4.78 is 12.2. The second-order valence-electron chi connectivity index (χ2n) is 6.87. The second kappa shape index (κ2) is 9.13. The van der Waals surface area contributed by atoms with Gasteiger partial charge >= 0.3 is 5.97 Å². The summed E-state index contributed by atoms with van der Waals surface area (Å²) in [5, 5.41) is 9.10. The Bertz CT molecular complexity index is 983. The van der Waals surface area contributed by atoms with E-state index in [0.29, 0.717) is 16.9 Å². The quantitative estimate of drug-likeness (QED) is 0.414. The molecular weight excluding hydrogens is 386 g/mol. The van der Waals surface area contributed by atoms with Gasteiger partial charge in [0.15, 0.2) is 11.0 Å². The van der Waals surface area contributed by atoms with E-state index < -0.39 is 5.25 Å². The van der Waals surface area contributed by atoms with Gasteiger partial charge in [0.05, 0.1) is 19.9 Å². The lowest BCUT2D eigenvalue weighted by atomic mass is 10.0. The van der Waals surface area contributed by atoms with E-state index >= 15 is 0 Å². The summed E-state index contributed by atoms with van der Waals surface area (Å²) in [5.41, 5.74) is 3.09. The van der Waals surface area contributed by atoms with Crippen LogP contribution in [0.5, 0.6) is 5.75 Å². The summed E-state index contributed by atoms with van der Waals surface area (Å²) in [6, 6.07) is 15.9. The molecule has 0 amide bonds. The molecule has 3 aromatic rings. The third-order valence-corrected chi connectivity index (χ3v) is 5.62. The van der Waals surface area contributed by atoms with Gasteiger partial charge in [0.25, 0.3) is 0 Å². The van der Waals surface area contributed by atoms with Gasteiger partial charge in [0, 0.05) is 5.56 Å². The molecule has 0 aliphatic rings. The Balaban J connectivity index is 2.16. The minimum Gasteiger partial charge on any atom is -0.497 e. The fourth-order valence-corrected chi connectivity index (χ4v) is 3.93. The molecule has 0 N–H and O–H groups in total. The van der Waals surface area contributed by atoms with E-state index in [1.165, 1.54) is 24.4 Å². The van der Waals surface area contributed by atoms with Gasteiger partial charge in [0.1, 0.15) is 11.0 Å². The van der Waals surface area contributed by atoms with Gasteiger partial charge < -0.3 is 9.47 Å². The van der Waals surface area contributed by atoms with Crippen LogP contribution in [0.3, 0.4) is 0 Å². The van der Waals surface area contributed by atoms with E-state index in [9.17, 15) is 4.79 Å². The van der Waals surface area contributed by atoms with Crippen molar-refractivity contribution in [3.63, 3.8) is 0 Å². The molecule has 1 aromatic heterocycles. The number of benzene rings is 2. The van der Waals surface area contributed by atoms with Crippen LogP contribution < -0.4 is 4.74 Å². The fraction of sp³-hybridized carbons (Fsp3) is 0.318.